The first-order valence-corrected chi connectivity index (χ1v) is 12.9. The van der Waals surface area contributed by atoms with Crippen molar-refractivity contribution >= 4 is 27.0 Å². The minimum Gasteiger partial charge on any atom is -0.454 e. The average molecular weight is 518 g/mol. The summed E-state index contributed by atoms with van der Waals surface area (Å²) in [7, 11) is -3.53. The van der Waals surface area contributed by atoms with Crippen molar-refractivity contribution in [1.82, 2.24) is 24.5 Å². The van der Waals surface area contributed by atoms with Crippen LogP contribution in [0.5, 0.6) is 11.5 Å². The Labute approximate surface area is 205 Å². The number of hydrogen-bond donors (Lipinski definition) is 2. The SMILES string of the molecule is Cc1cnc(-c2cc3c(cc2Cc2nc4c(N)nc(F)nc4n2CCCCCS(N)(=O)=O)OCO3)o1. The molecule has 14 heteroatoms. The van der Waals surface area contributed by atoms with Gasteiger partial charge in [0, 0.05) is 18.5 Å². The third-order valence-electron chi connectivity index (χ3n) is 5.78. The molecule has 12 nitrogen and oxygen atoms in total. The lowest BCUT2D eigenvalue weighted by molar-refractivity contribution is 0.174. The Kier molecular flexibility index (Phi) is 6.22. The molecular weight excluding hydrogens is 493 g/mol. The third-order valence-corrected chi connectivity index (χ3v) is 6.64. The fraction of sp³-hybridized carbons (Fsp3) is 0.364. The number of unbranched alkanes of at least 4 members (excludes halogenated alkanes) is 2. The Bertz CT molecular complexity index is 1550. The van der Waals surface area contributed by atoms with Crippen molar-refractivity contribution in [2.45, 2.75) is 39.2 Å². The number of primary sulfonamides is 1. The standard InChI is InChI=1S/C22H24FN7O5S/c1-12-10-26-21(35-12)14-9-16-15(33-11-34-16)7-13(14)8-17-27-18-19(24)28-22(23)29-20(18)30(17)5-3-2-4-6-36(25,31)32/h7,9-10H,2-6,8,11H2,1H3,(H2,24,28,29)(H2,25,31,32). The highest BCUT2D eigenvalue weighted by atomic mass is 32.2. The molecule has 0 aliphatic carbocycles. The summed E-state index contributed by atoms with van der Waals surface area (Å²) in [6, 6.07) is 3.64. The van der Waals surface area contributed by atoms with Crippen LogP contribution in [0.2, 0.25) is 0 Å². The van der Waals surface area contributed by atoms with Gasteiger partial charge in [0.25, 0.3) is 0 Å². The van der Waals surface area contributed by atoms with Crippen molar-refractivity contribution in [3.8, 4) is 23.0 Å². The average Bonchev–Trinajstić information content (AvgIpc) is 3.51. The molecule has 0 fully saturated rings. The number of fused-ring (bicyclic) bond motifs is 2. The number of sulfonamides is 1. The molecule has 1 aliphatic rings. The lowest BCUT2D eigenvalue weighted by Crippen LogP contribution is -2.16. The van der Waals surface area contributed by atoms with E-state index in [4.69, 9.17) is 24.8 Å². The minimum atomic E-state index is -3.53. The zero-order valence-electron chi connectivity index (χ0n) is 19.4. The maximum Gasteiger partial charge on any atom is 0.312 e. The van der Waals surface area contributed by atoms with Crippen LogP contribution in [0.15, 0.2) is 22.7 Å². The summed E-state index contributed by atoms with van der Waals surface area (Å²) in [4.78, 5) is 16.5. The Morgan fingerprint density at radius 1 is 1.11 bits per heavy atom. The highest BCUT2D eigenvalue weighted by molar-refractivity contribution is 7.89. The van der Waals surface area contributed by atoms with E-state index in [1.807, 2.05) is 6.07 Å². The van der Waals surface area contributed by atoms with Gasteiger partial charge in [0.2, 0.25) is 22.7 Å². The second-order valence-corrected chi connectivity index (χ2v) is 10.2. The predicted octanol–water partition coefficient (Wildman–Crippen LogP) is 2.29. The third kappa shape index (κ3) is 4.95. The second kappa shape index (κ2) is 9.35. The first-order valence-electron chi connectivity index (χ1n) is 11.2. The van der Waals surface area contributed by atoms with Gasteiger partial charge in [-0.25, -0.2) is 23.5 Å². The van der Waals surface area contributed by atoms with Crippen LogP contribution in [0.3, 0.4) is 0 Å². The van der Waals surface area contributed by atoms with Gasteiger partial charge >= 0.3 is 6.08 Å². The fourth-order valence-corrected chi connectivity index (χ4v) is 4.74. The number of halogens is 1. The van der Waals surface area contributed by atoms with E-state index in [0.717, 1.165) is 5.56 Å². The molecule has 0 spiro atoms. The van der Waals surface area contributed by atoms with Gasteiger partial charge in [-0.05, 0) is 37.5 Å². The fourth-order valence-electron chi connectivity index (χ4n) is 4.14. The number of benzene rings is 1. The monoisotopic (exact) mass is 517 g/mol. The number of nitrogens with two attached hydrogens (primary N) is 2. The molecule has 4 heterocycles. The molecular formula is C22H24FN7O5S. The zero-order valence-corrected chi connectivity index (χ0v) is 20.2. The number of anilines is 1. The van der Waals surface area contributed by atoms with Crippen molar-refractivity contribution in [1.29, 1.82) is 0 Å². The molecule has 0 bridgehead atoms. The van der Waals surface area contributed by atoms with E-state index in [9.17, 15) is 12.8 Å². The van der Waals surface area contributed by atoms with Crippen LogP contribution in [0.4, 0.5) is 10.2 Å². The molecule has 5 rings (SSSR count). The largest absolute Gasteiger partial charge is 0.454 e. The summed E-state index contributed by atoms with van der Waals surface area (Å²) >= 11 is 0. The molecule has 0 atom stereocenters. The Morgan fingerprint density at radius 3 is 2.61 bits per heavy atom. The van der Waals surface area contributed by atoms with Crippen molar-refractivity contribution in [2.75, 3.05) is 18.3 Å². The topological polar surface area (TPSA) is 174 Å². The Morgan fingerprint density at radius 2 is 1.89 bits per heavy atom. The molecule has 4 aromatic rings. The van der Waals surface area contributed by atoms with Crippen LogP contribution in [-0.2, 0) is 23.0 Å². The summed E-state index contributed by atoms with van der Waals surface area (Å²) in [6.07, 6.45) is 2.54. The van der Waals surface area contributed by atoms with Gasteiger partial charge < -0.3 is 24.2 Å². The highest BCUT2D eigenvalue weighted by Gasteiger charge is 2.23. The lowest BCUT2D eigenvalue weighted by atomic mass is 10.0. The van der Waals surface area contributed by atoms with E-state index in [2.05, 4.69) is 19.9 Å². The normalized spacial score (nSPS) is 13.1. The number of aromatic nitrogens is 5. The number of imidazole rings is 1. The van der Waals surface area contributed by atoms with Crippen molar-refractivity contribution in [3.05, 3.63) is 41.6 Å². The van der Waals surface area contributed by atoms with Gasteiger partial charge in [-0.1, -0.05) is 6.42 Å². The van der Waals surface area contributed by atoms with Crippen LogP contribution >= 0.6 is 0 Å². The summed E-state index contributed by atoms with van der Waals surface area (Å²) in [5, 5.41) is 5.08. The van der Waals surface area contributed by atoms with E-state index < -0.39 is 16.1 Å². The molecule has 0 amide bonds. The molecule has 36 heavy (non-hydrogen) atoms. The van der Waals surface area contributed by atoms with Gasteiger partial charge in [0.05, 0.1) is 11.9 Å². The summed E-state index contributed by atoms with van der Waals surface area (Å²) in [5.74, 6) is 2.60. The Balaban J connectivity index is 1.52. The first-order chi connectivity index (χ1) is 17.2. The predicted molar refractivity (Wildman–Crippen MR) is 127 cm³/mol. The zero-order chi connectivity index (χ0) is 25.4. The van der Waals surface area contributed by atoms with Crippen LogP contribution < -0.4 is 20.3 Å². The van der Waals surface area contributed by atoms with E-state index in [1.54, 1.807) is 23.8 Å². The van der Waals surface area contributed by atoms with Gasteiger partial charge in [-0.15, -0.1) is 0 Å². The number of oxazole rings is 1. The molecule has 190 valence electrons. The van der Waals surface area contributed by atoms with E-state index in [0.29, 0.717) is 66.8 Å². The molecule has 0 unspecified atom stereocenters. The first kappa shape index (κ1) is 23.9. The smallest absolute Gasteiger partial charge is 0.312 e. The van der Waals surface area contributed by atoms with Crippen LogP contribution in [-0.4, -0.2) is 45.5 Å². The van der Waals surface area contributed by atoms with Gasteiger partial charge in [-0.2, -0.15) is 14.4 Å². The maximum atomic E-state index is 14.1. The van der Waals surface area contributed by atoms with E-state index >= 15 is 0 Å². The van der Waals surface area contributed by atoms with E-state index in [-0.39, 0.29) is 29.5 Å². The molecule has 1 aromatic carbocycles. The number of rotatable bonds is 9. The van der Waals surface area contributed by atoms with Crippen molar-refractivity contribution in [2.24, 2.45) is 5.14 Å². The Hall–Kier alpha value is -3.78. The summed E-state index contributed by atoms with van der Waals surface area (Å²) in [5.41, 5.74) is 7.98. The van der Waals surface area contributed by atoms with Gasteiger partial charge in [-0.3, -0.25) is 0 Å². The van der Waals surface area contributed by atoms with Gasteiger partial charge in [0.1, 0.15) is 11.6 Å². The van der Waals surface area contributed by atoms with Crippen LogP contribution in [0, 0.1) is 13.0 Å². The quantitative estimate of drug-likeness (QED) is 0.247. The summed E-state index contributed by atoms with van der Waals surface area (Å²) < 4.78 is 55.1. The van der Waals surface area contributed by atoms with Crippen LogP contribution in [0.1, 0.15) is 36.4 Å². The molecule has 0 radical (unpaired) electrons. The van der Waals surface area contributed by atoms with Crippen LogP contribution in [0.25, 0.3) is 22.6 Å². The van der Waals surface area contributed by atoms with Crippen molar-refractivity contribution < 1.29 is 26.7 Å². The van der Waals surface area contributed by atoms with Crippen molar-refractivity contribution in [3.63, 3.8) is 0 Å². The summed E-state index contributed by atoms with van der Waals surface area (Å²) in [6.45, 7) is 2.31. The number of nitrogens with zero attached hydrogens (tertiary/aromatic N) is 5. The number of nitrogen functional groups attached to an aromatic ring is 1. The molecule has 4 N–H and O–H groups in total. The number of aryl methyl sites for hydroxylation is 2. The van der Waals surface area contributed by atoms with Gasteiger partial charge in [0.15, 0.2) is 28.5 Å². The molecule has 1 aliphatic heterocycles. The number of hydrogen-bond acceptors (Lipinski definition) is 10. The molecule has 0 saturated heterocycles. The minimum absolute atomic E-state index is 0.0686. The molecule has 0 saturated carbocycles. The number of ether oxygens (including phenoxy) is 2. The maximum absolute atomic E-state index is 14.1. The molecule has 3 aromatic heterocycles. The highest BCUT2D eigenvalue weighted by Crippen LogP contribution is 2.39. The lowest BCUT2D eigenvalue weighted by Gasteiger charge is -2.12. The van der Waals surface area contributed by atoms with E-state index in [1.165, 1.54) is 0 Å². The second-order valence-electron chi connectivity index (χ2n) is 8.47.